The number of benzene rings is 1. The molecule has 8 nitrogen and oxygen atoms in total. The normalized spacial score (nSPS) is 20.2. The van der Waals surface area contributed by atoms with E-state index in [0.29, 0.717) is 13.2 Å². The molecule has 10 heteroatoms. The second-order valence-electron chi connectivity index (χ2n) is 8.74. The third kappa shape index (κ3) is 4.35. The predicted molar refractivity (Wildman–Crippen MR) is 119 cm³/mol. The Morgan fingerprint density at radius 3 is 2.74 bits per heavy atom. The van der Waals surface area contributed by atoms with Crippen LogP contribution in [0.1, 0.15) is 46.2 Å². The monoisotopic (exact) mass is 475 g/mol. The van der Waals surface area contributed by atoms with E-state index in [2.05, 4.69) is 4.90 Å². The molecule has 1 aromatic carbocycles. The lowest BCUT2D eigenvalue weighted by atomic mass is 10.00. The van der Waals surface area contributed by atoms with Crippen molar-refractivity contribution in [3.8, 4) is 5.75 Å². The topological polar surface area (TPSA) is 92.1 Å². The summed E-state index contributed by atoms with van der Waals surface area (Å²) in [5, 5.41) is 10.6. The van der Waals surface area contributed by atoms with Crippen LogP contribution in [0.4, 0.5) is 8.78 Å². The van der Waals surface area contributed by atoms with E-state index < -0.39 is 34.5 Å². The van der Waals surface area contributed by atoms with Gasteiger partial charge in [0.05, 0.1) is 18.7 Å². The van der Waals surface area contributed by atoms with E-state index in [-0.39, 0.29) is 48.4 Å². The largest absolute Gasteiger partial charge is 0.503 e. The number of pyridine rings is 1. The van der Waals surface area contributed by atoms with Crippen molar-refractivity contribution in [2.75, 3.05) is 26.8 Å². The summed E-state index contributed by atoms with van der Waals surface area (Å²) in [5.41, 5.74) is -1.18. The molecule has 0 aliphatic carbocycles. The molecule has 0 bridgehead atoms. The summed E-state index contributed by atoms with van der Waals surface area (Å²) in [6.45, 7) is 4.05. The summed E-state index contributed by atoms with van der Waals surface area (Å²) in [4.78, 5) is 42.7. The molecular formula is C24H27F2N3O5. The number of amides is 1. The zero-order valence-electron chi connectivity index (χ0n) is 19.1. The molecule has 1 N–H and O–H groups in total. The van der Waals surface area contributed by atoms with Gasteiger partial charge in [-0.15, -0.1) is 0 Å². The number of carbonyl (C=O) groups is 2. The number of methoxy groups -OCH3 is 1. The van der Waals surface area contributed by atoms with Crippen molar-refractivity contribution in [2.45, 2.75) is 44.9 Å². The molecule has 0 radical (unpaired) electrons. The Morgan fingerprint density at radius 1 is 1.26 bits per heavy atom. The molecule has 1 amide bonds. The molecule has 0 unspecified atom stereocenters. The fourth-order valence-electron chi connectivity index (χ4n) is 4.74. The molecule has 182 valence electrons. The molecule has 2 aromatic rings. The molecule has 1 fully saturated rings. The number of aryl methyl sites for hydroxylation is 1. The van der Waals surface area contributed by atoms with Gasteiger partial charge in [-0.1, -0.05) is 6.07 Å². The molecule has 0 saturated carbocycles. The number of hydrogen-bond donors (Lipinski definition) is 1. The van der Waals surface area contributed by atoms with Gasteiger partial charge in [0, 0.05) is 44.9 Å². The second-order valence-corrected chi connectivity index (χ2v) is 8.74. The quantitative estimate of drug-likeness (QED) is 0.618. The van der Waals surface area contributed by atoms with Crippen LogP contribution in [0.15, 0.2) is 29.2 Å². The maximum absolute atomic E-state index is 13.9. The lowest BCUT2D eigenvalue weighted by Gasteiger charge is -2.50. The van der Waals surface area contributed by atoms with E-state index in [1.165, 1.54) is 16.8 Å². The minimum absolute atomic E-state index is 0.0372. The number of nitrogens with zero attached hydrogens (tertiary/aromatic N) is 3. The highest BCUT2D eigenvalue weighted by molar-refractivity contribution is 6.00. The van der Waals surface area contributed by atoms with E-state index >= 15 is 0 Å². The van der Waals surface area contributed by atoms with Gasteiger partial charge < -0.3 is 19.3 Å². The predicted octanol–water partition coefficient (Wildman–Crippen LogP) is 2.17. The second kappa shape index (κ2) is 9.63. The van der Waals surface area contributed by atoms with Gasteiger partial charge >= 0.3 is 0 Å². The zero-order chi connectivity index (χ0) is 24.6. The number of aromatic nitrogens is 1. The molecule has 3 heterocycles. The molecular weight excluding hydrogens is 448 g/mol. The highest BCUT2D eigenvalue weighted by Crippen LogP contribution is 2.31. The standard InChI is InChI=1S/C24H27F2N3O5/c1-14-7-8-27(9-10-34-2)20-13-28-12-17(22(31)23(32)21(28)24(33)29(14)20)19(30)6-4-15-3-5-16(25)11-18(15)26/h3,5,11-12,14,20,32H,4,6-10,13H2,1-2H3/t14-,20-/m0/s1. The van der Waals surface area contributed by atoms with E-state index in [1.54, 1.807) is 12.0 Å². The Balaban J connectivity index is 1.63. The molecule has 2 aliphatic heterocycles. The van der Waals surface area contributed by atoms with Gasteiger partial charge in [-0.3, -0.25) is 19.3 Å². The highest BCUT2D eigenvalue weighted by Gasteiger charge is 2.43. The van der Waals surface area contributed by atoms with Crippen LogP contribution in [0.2, 0.25) is 0 Å². The van der Waals surface area contributed by atoms with Crippen molar-refractivity contribution < 1.29 is 28.2 Å². The third-order valence-corrected chi connectivity index (χ3v) is 6.62. The van der Waals surface area contributed by atoms with Crippen molar-refractivity contribution >= 4 is 11.7 Å². The Bertz CT molecular complexity index is 1180. The molecule has 4 rings (SSSR count). The molecule has 2 aliphatic rings. The number of ether oxygens (including phenoxy) is 1. The fourth-order valence-corrected chi connectivity index (χ4v) is 4.74. The summed E-state index contributed by atoms with van der Waals surface area (Å²) < 4.78 is 33.7. The van der Waals surface area contributed by atoms with Crippen LogP contribution in [0.5, 0.6) is 5.75 Å². The van der Waals surface area contributed by atoms with Gasteiger partial charge in [0.2, 0.25) is 5.43 Å². The Labute approximate surface area is 195 Å². The molecule has 2 atom stereocenters. The average molecular weight is 475 g/mol. The summed E-state index contributed by atoms with van der Waals surface area (Å²) in [7, 11) is 1.60. The summed E-state index contributed by atoms with van der Waals surface area (Å²) >= 11 is 0. The van der Waals surface area contributed by atoms with Crippen LogP contribution in [0.25, 0.3) is 0 Å². The minimum Gasteiger partial charge on any atom is -0.503 e. The Morgan fingerprint density at radius 2 is 2.03 bits per heavy atom. The van der Waals surface area contributed by atoms with Crippen molar-refractivity contribution in [2.24, 2.45) is 0 Å². The fraction of sp³-hybridized carbons (Fsp3) is 0.458. The van der Waals surface area contributed by atoms with Crippen molar-refractivity contribution in [1.82, 2.24) is 14.4 Å². The minimum atomic E-state index is -0.927. The first-order chi connectivity index (χ1) is 16.2. The van der Waals surface area contributed by atoms with E-state index in [9.17, 15) is 28.3 Å². The maximum atomic E-state index is 13.9. The number of Topliss-reactive ketones (excluding diaryl/α,β-unsaturated/α-hetero) is 1. The van der Waals surface area contributed by atoms with Crippen LogP contribution in [-0.4, -0.2) is 70.2 Å². The van der Waals surface area contributed by atoms with Gasteiger partial charge in [0.25, 0.3) is 5.91 Å². The van der Waals surface area contributed by atoms with Gasteiger partial charge in [0.15, 0.2) is 17.2 Å². The first kappa shape index (κ1) is 24.0. The van der Waals surface area contributed by atoms with Crippen LogP contribution in [0, 0.1) is 11.6 Å². The smallest absolute Gasteiger partial charge is 0.276 e. The lowest BCUT2D eigenvalue weighted by Crippen LogP contribution is -2.64. The molecule has 34 heavy (non-hydrogen) atoms. The Hall–Kier alpha value is -3.11. The summed E-state index contributed by atoms with van der Waals surface area (Å²) in [5.74, 6) is -3.31. The number of ketones is 1. The number of halogens is 2. The number of rotatable bonds is 7. The van der Waals surface area contributed by atoms with Gasteiger partial charge in [-0.2, -0.15) is 0 Å². The Kier molecular flexibility index (Phi) is 6.81. The van der Waals surface area contributed by atoms with Gasteiger partial charge in [-0.05, 0) is 31.4 Å². The van der Waals surface area contributed by atoms with E-state index in [4.69, 9.17) is 4.74 Å². The number of carbonyl (C=O) groups excluding carboxylic acids is 2. The number of aromatic hydroxyl groups is 1. The first-order valence-corrected chi connectivity index (χ1v) is 11.2. The van der Waals surface area contributed by atoms with E-state index in [0.717, 1.165) is 25.1 Å². The van der Waals surface area contributed by atoms with Crippen LogP contribution in [0.3, 0.4) is 0 Å². The maximum Gasteiger partial charge on any atom is 0.276 e. The summed E-state index contributed by atoms with van der Waals surface area (Å²) in [6, 6.07) is 3.00. The first-order valence-electron chi connectivity index (χ1n) is 11.2. The number of fused-ring (bicyclic) bond motifs is 2. The molecule has 1 aromatic heterocycles. The van der Waals surface area contributed by atoms with Gasteiger partial charge in [0.1, 0.15) is 17.8 Å². The molecule has 1 saturated heterocycles. The van der Waals surface area contributed by atoms with Crippen molar-refractivity contribution in [3.05, 3.63) is 63.1 Å². The molecule has 0 spiro atoms. The SMILES string of the molecule is COCCN1CC[C@H](C)N2C(=O)c3c(O)c(=O)c(C(=O)CCc4ccc(F)cc4F)cn3C[C@@H]12. The zero-order valence-corrected chi connectivity index (χ0v) is 19.1. The van der Waals surface area contributed by atoms with Crippen LogP contribution in [-0.2, 0) is 17.7 Å². The lowest BCUT2D eigenvalue weighted by molar-refractivity contribution is -0.0396. The van der Waals surface area contributed by atoms with Crippen LogP contribution < -0.4 is 5.43 Å². The van der Waals surface area contributed by atoms with Gasteiger partial charge in [-0.25, -0.2) is 8.78 Å². The average Bonchev–Trinajstić information content (AvgIpc) is 2.80. The van der Waals surface area contributed by atoms with E-state index in [1.807, 2.05) is 6.92 Å². The van der Waals surface area contributed by atoms with Crippen molar-refractivity contribution in [1.29, 1.82) is 0 Å². The number of hydrogen-bond acceptors (Lipinski definition) is 6. The summed E-state index contributed by atoms with van der Waals surface area (Å²) in [6.07, 6.45) is 1.50. The third-order valence-electron chi connectivity index (χ3n) is 6.62. The van der Waals surface area contributed by atoms with Crippen molar-refractivity contribution in [3.63, 3.8) is 0 Å². The van der Waals surface area contributed by atoms with Crippen LogP contribution >= 0.6 is 0 Å². The highest BCUT2D eigenvalue weighted by atomic mass is 19.1.